The first-order chi connectivity index (χ1) is 10.3. The highest BCUT2D eigenvalue weighted by atomic mass is 32.1. The predicted molar refractivity (Wildman–Crippen MR) is 84.9 cm³/mol. The molecule has 2 aliphatic rings. The van der Waals surface area contributed by atoms with E-state index in [2.05, 4.69) is 0 Å². The van der Waals surface area contributed by atoms with E-state index in [0.717, 1.165) is 18.5 Å². The summed E-state index contributed by atoms with van der Waals surface area (Å²) in [5.41, 5.74) is 1.04. The molecule has 0 radical (unpaired) electrons. The molecular formula is C17H25NO2S. The average Bonchev–Trinajstić information content (AvgIpc) is 2.98. The quantitative estimate of drug-likeness (QED) is 0.768. The number of esters is 1. The maximum Gasteiger partial charge on any atom is 0.315 e. The first-order valence-electron chi connectivity index (χ1n) is 8.45. The molecule has 1 aromatic heterocycles. The Balaban J connectivity index is 1.74. The van der Waals surface area contributed by atoms with Gasteiger partial charge in [-0.3, -0.25) is 4.79 Å². The van der Waals surface area contributed by atoms with Crippen molar-refractivity contribution in [2.75, 3.05) is 6.61 Å². The Morgan fingerprint density at radius 1 is 1.19 bits per heavy atom. The largest absolute Gasteiger partial charge is 0.465 e. The number of nitrogens with zero attached hydrogens (tertiary/aromatic N) is 1. The highest BCUT2D eigenvalue weighted by Gasteiger charge is 2.34. The van der Waals surface area contributed by atoms with Gasteiger partial charge in [-0.25, -0.2) is 4.98 Å². The number of thiazole rings is 1. The normalized spacial score (nSPS) is 23.4. The van der Waals surface area contributed by atoms with Gasteiger partial charge in [0.05, 0.1) is 17.3 Å². The number of hydrogen-bond acceptors (Lipinski definition) is 4. The summed E-state index contributed by atoms with van der Waals surface area (Å²) in [7, 11) is 0. The maximum absolute atomic E-state index is 12.0. The molecule has 1 fully saturated rings. The van der Waals surface area contributed by atoms with E-state index in [1.165, 1.54) is 54.8 Å². The molecule has 1 unspecified atom stereocenters. The van der Waals surface area contributed by atoms with Crippen molar-refractivity contribution < 1.29 is 9.53 Å². The van der Waals surface area contributed by atoms with Crippen molar-refractivity contribution in [2.24, 2.45) is 0 Å². The SMILES string of the molecule is CCOC(=O)C1CCc2sc(C3CCCCCCC3)nc21. The van der Waals surface area contributed by atoms with E-state index < -0.39 is 0 Å². The third-order valence-electron chi connectivity index (χ3n) is 4.76. The Labute approximate surface area is 131 Å². The second kappa shape index (κ2) is 6.91. The summed E-state index contributed by atoms with van der Waals surface area (Å²) < 4.78 is 5.20. The van der Waals surface area contributed by atoms with Crippen LogP contribution in [0.2, 0.25) is 0 Å². The van der Waals surface area contributed by atoms with Gasteiger partial charge in [-0.05, 0) is 32.6 Å². The topological polar surface area (TPSA) is 39.2 Å². The number of ether oxygens (including phenoxy) is 1. The molecular weight excluding hydrogens is 282 g/mol. The van der Waals surface area contributed by atoms with Gasteiger partial charge in [-0.1, -0.05) is 32.1 Å². The van der Waals surface area contributed by atoms with E-state index in [4.69, 9.17) is 9.72 Å². The van der Waals surface area contributed by atoms with E-state index >= 15 is 0 Å². The molecule has 0 saturated heterocycles. The summed E-state index contributed by atoms with van der Waals surface area (Å²) in [6.07, 6.45) is 11.2. The van der Waals surface area contributed by atoms with E-state index in [9.17, 15) is 4.79 Å². The van der Waals surface area contributed by atoms with Crippen LogP contribution in [0.1, 0.15) is 85.7 Å². The Bertz CT molecular complexity index is 489. The van der Waals surface area contributed by atoms with Crippen LogP contribution in [0.5, 0.6) is 0 Å². The molecule has 1 heterocycles. The molecule has 2 aliphatic carbocycles. The van der Waals surface area contributed by atoms with Crippen LogP contribution in [-0.2, 0) is 16.0 Å². The van der Waals surface area contributed by atoms with Gasteiger partial charge in [0.25, 0.3) is 0 Å². The molecule has 116 valence electrons. The number of rotatable bonds is 3. The monoisotopic (exact) mass is 307 g/mol. The second-order valence-corrected chi connectivity index (χ2v) is 7.36. The third kappa shape index (κ3) is 3.31. The van der Waals surface area contributed by atoms with Gasteiger partial charge in [0.15, 0.2) is 0 Å². The fourth-order valence-corrected chi connectivity index (χ4v) is 4.91. The van der Waals surface area contributed by atoms with Gasteiger partial charge in [0, 0.05) is 10.8 Å². The minimum atomic E-state index is -0.0986. The van der Waals surface area contributed by atoms with Crippen molar-refractivity contribution in [3.05, 3.63) is 15.6 Å². The lowest BCUT2D eigenvalue weighted by molar-refractivity contribution is -0.145. The van der Waals surface area contributed by atoms with Gasteiger partial charge in [0.2, 0.25) is 0 Å². The highest BCUT2D eigenvalue weighted by molar-refractivity contribution is 7.11. The van der Waals surface area contributed by atoms with Gasteiger partial charge in [-0.2, -0.15) is 0 Å². The number of aromatic nitrogens is 1. The highest BCUT2D eigenvalue weighted by Crippen LogP contribution is 2.41. The zero-order valence-electron chi connectivity index (χ0n) is 12.9. The van der Waals surface area contributed by atoms with E-state index in [-0.39, 0.29) is 11.9 Å². The molecule has 1 aromatic rings. The number of fused-ring (bicyclic) bond motifs is 1. The summed E-state index contributed by atoms with van der Waals surface area (Å²) in [4.78, 5) is 18.3. The van der Waals surface area contributed by atoms with Crippen molar-refractivity contribution in [3.8, 4) is 0 Å². The average molecular weight is 307 g/mol. The number of hydrogen-bond donors (Lipinski definition) is 0. The van der Waals surface area contributed by atoms with Crippen LogP contribution in [0.4, 0.5) is 0 Å². The molecule has 3 nitrogen and oxygen atoms in total. The zero-order chi connectivity index (χ0) is 14.7. The number of carbonyl (C=O) groups excluding carboxylic acids is 1. The molecule has 1 saturated carbocycles. The Hall–Kier alpha value is -0.900. The number of carbonyl (C=O) groups is 1. The van der Waals surface area contributed by atoms with Gasteiger partial charge >= 0.3 is 5.97 Å². The molecule has 21 heavy (non-hydrogen) atoms. The van der Waals surface area contributed by atoms with Gasteiger partial charge in [-0.15, -0.1) is 11.3 Å². The Morgan fingerprint density at radius 3 is 2.62 bits per heavy atom. The summed E-state index contributed by atoms with van der Waals surface area (Å²) in [5.74, 6) is 0.452. The van der Waals surface area contributed by atoms with E-state index in [1.807, 2.05) is 18.3 Å². The minimum Gasteiger partial charge on any atom is -0.465 e. The van der Waals surface area contributed by atoms with Crippen LogP contribution in [0.15, 0.2) is 0 Å². The van der Waals surface area contributed by atoms with Crippen LogP contribution in [0, 0.1) is 0 Å². The van der Waals surface area contributed by atoms with Crippen LogP contribution in [0.25, 0.3) is 0 Å². The fraction of sp³-hybridized carbons (Fsp3) is 0.765. The molecule has 0 N–H and O–H groups in total. The first-order valence-corrected chi connectivity index (χ1v) is 9.27. The van der Waals surface area contributed by atoms with Crippen molar-refractivity contribution in [1.82, 2.24) is 4.98 Å². The van der Waals surface area contributed by atoms with Crippen LogP contribution < -0.4 is 0 Å². The summed E-state index contributed by atoms with van der Waals surface area (Å²) in [6.45, 7) is 2.33. The van der Waals surface area contributed by atoms with Gasteiger partial charge < -0.3 is 4.74 Å². The second-order valence-electron chi connectivity index (χ2n) is 6.25. The van der Waals surface area contributed by atoms with Crippen molar-refractivity contribution in [3.63, 3.8) is 0 Å². The van der Waals surface area contributed by atoms with Crippen molar-refractivity contribution in [2.45, 2.75) is 76.5 Å². The standard InChI is InChI=1S/C17H25NO2S/c1-2-20-17(19)13-10-11-14-15(13)18-16(21-14)12-8-6-4-3-5-7-9-12/h12-13H,2-11H2,1H3. The lowest BCUT2D eigenvalue weighted by Crippen LogP contribution is -2.14. The van der Waals surface area contributed by atoms with E-state index in [0.29, 0.717) is 12.5 Å². The van der Waals surface area contributed by atoms with Gasteiger partial charge in [0.1, 0.15) is 5.92 Å². The first kappa shape index (κ1) is 15.0. The lowest BCUT2D eigenvalue weighted by atomic mass is 9.91. The molecule has 0 aromatic carbocycles. The molecule has 0 aliphatic heterocycles. The Kier molecular flexibility index (Phi) is 4.94. The molecule has 0 bridgehead atoms. The van der Waals surface area contributed by atoms with E-state index in [1.54, 1.807) is 0 Å². The molecule has 0 amide bonds. The summed E-state index contributed by atoms with van der Waals surface area (Å²) >= 11 is 1.86. The smallest absolute Gasteiger partial charge is 0.315 e. The van der Waals surface area contributed by atoms with Crippen LogP contribution in [0.3, 0.4) is 0 Å². The number of aryl methyl sites for hydroxylation is 1. The van der Waals surface area contributed by atoms with Crippen molar-refractivity contribution >= 4 is 17.3 Å². The molecule has 1 atom stereocenters. The summed E-state index contributed by atoms with van der Waals surface area (Å²) in [6, 6.07) is 0. The molecule has 3 rings (SSSR count). The Morgan fingerprint density at radius 2 is 1.90 bits per heavy atom. The third-order valence-corrected chi connectivity index (χ3v) is 6.05. The molecule has 4 heteroatoms. The zero-order valence-corrected chi connectivity index (χ0v) is 13.7. The molecule has 0 spiro atoms. The predicted octanol–water partition coefficient (Wildman–Crippen LogP) is 4.56. The fourth-order valence-electron chi connectivity index (χ4n) is 3.60. The van der Waals surface area contributed by atoms with Crippen LogP contribution in [-0.4, -0.2) is 17.6 Å². The maximum atomic E-state index is 12.0. The van der Waals surface area contributed by atoms with Crippen LogP contribution >= 0.6 is 11.3 Å². The van der Waals surface area contributed by atoms with Crippen molar-refractivity contribution in [1.29, 1.82) is 0 Å². The minimum absolute atomic E-state index is 0.0780. The lowest BCUT2D eigenvalue weighted by Gasteiger charge is -2.17. The summed E-state index contributed by atoms with van der Waals surface area (Å²) in [5, 5.41) is 1.29.